The van der Waals surface area contributed by atoms with E-state index >= 15 is 0 Å². The molecule has 0 atom stereocenters. The van der Waals surface area contributed by atoms with Gasteiger partial charge in [0.15, 0.2) is 5.16 Å². The molecule has 0 amide bonds. The summed E-state index contributed by atoms with van der Waals surface area (Å²) in [7, 11) is 1.94. The van der Waals surface area contributed by atoms with Crippen molar-refractivity contribution in [3.63, 3.8) is 0 Å². The number of benzene rings is 2. The second-order valence-electron chi connectivity index (χ2n) is 6.01. The minimum Gasteiger partial charge on any atom is -0.354 e. The Morgan fingerprint density at radius 2 is 2.07 bits per heavy atom. The Labute approximate surface area is 184 Å². The summed E-state index contributed by atoms with van der Waals surface area (Å²) >= 11 is 10.3. The van der Waals surface area contributed by atoms with Crippen LogP contribution in [0.2, 0.25) is 5.02 Å². The molecule has 0 spiro atoms. The summed E-state index contributed by atoms with van der Waals surface area (Å²) in [6.07, 6.45) is 5.24. The molecule has 0 radical (unpaired) electrons. The van der Waals surface area contributed by atoms with E-state index in [-0.39, 0.29) is 0 Å². The predicted molar refractivity (Wildman–Crippen MR) is 121 cm³/mol. The molecule has 4 rings (SSSR count). The lowest BCUT2D eigenvalue weighted by Gasteiger charge is -2.13. The maximum absolute atomic E-state index is 9.51. The number of rotatable bonds is 4. The Balaban J connectivity index is 1.69. The molecule has 0 bridgehead atoms. The highest BCUT2D eigenvalue weighted by Crippen LogP contribution is 2.36. The molecule has 2 aromatic carbocycles. The number of nitrogens with zero attached hydrogens (tertiary/aromatic N) is 4. The van der Waals surface area contributed by atoms with E-state index in [1.54, 1.807) is 12.4 Å². The number of nitrogens with one attached hydrogen (secondary N) is 1. The Bertz CT molecular complexity index is 1230. The van der Waals surface area contributed by atoms with E-state index in [1.807, 2.05) is 54.2 Å². The van der Waals surface area contributed by atoms with Crippen LogP contribution in [0, 0.1) is 14.9 Å². The zero-order chi connectivity index (χ0) is 19.7. The van der Waals surface area contributed by atoms with Crippen molar-refractivity contribution in [2.45, 2.75) is 10.1 Å². The van der Waals surface area contributed by atoms with Gasteiger partial charge in [0.05, 0.1) is 21.8 Å². The average molecular weight is 518 g/mol. The molecular formula is C20H13ClIN5S. The van der Waals surface area contributed by atoms with Gasteiger partial charge >= 0.3 is 0 Å². The first-order chi connectivity index (χ1) is 13.5. The maximum Gasteiger partial charge on any atom is 0.172 e. The molecule has 138 valence electrons. The van der Waals surface area contributed by atoms with Crippen LogP contribution < -0.4 is 5.32 Å². The van der Waals surface area contributed by atoms with Gasteiger partial charge in [0.1, 0.15) is 6.07 Å². The molecule has 4 aromatic rings. The molecule has 1 N–H and O–H groups in total. The Morgan fingerprint density at radius 1 is 1.21 bits per heavy atom. The standard InChI is InChI=1S/C20H13ClIN5S/c1-27-7-6-24-20(27)28-18-5-3-14(9-16(18)21)26-19-12(10-23)11-25-17-8-13(22)2-4-15(17)19/h2-9,11H,1H3,(H,25,26). The Morgan fingerprint density at radius 3 is 2.79 bits per heavy atom. The largest absolute Gasteiger partial charge is 0.354 e. The van der Waals surface area contributed by atoms with Crippen LogP contribution in [-0.2, 0) is 7.05 Å². The summed E-state index contributed by atoms with van der Waals surface area (Å²) in [4.78, 5) is 9.62. The van der Waals surface area contributed by atoms with Crippen molar-refractivity contribution < 1.29 is 0 Å². The number of hydrogen-bond acceptors (Lipinski definition) is 5. The summed E-state index contributed by atoms with van der Waals surface area (Å²) in [5, 5.41) is 15.2. The predicted octanol–water partition coefficient (Wildman–Crippen LogP) is 5.99. The first-order valence-corrected chi connectivity index (χ1v) is 10.5. The van der Waals surface area contributed by atoms with Crippen molar-refractivity contribution in [1.29, 1.82) is 5.26 Å². The lowest BCUT2D eigenvalue weighted by atomic mass is 10.1. The minimum atomic E-state index is 0.483. The summed E-state index contributed by atoms with van der Waals surface area (Å²) in [6, 6.07) is 13.9. The van der Waals surface area contributed by atoms with Crippen molar-refractivity contribution in [1.82, 2.24) is 14.5 Å². The smallest absolute Gasteiger partial charge is 0.172 e. The van der Waals surface area contributed by atoms with Gasteiger partial charge in [-0.1, -0.05) is 23.4 Å². The van der Waals surface area contributed by atoms with Crippen LogP contribution in [0.25, 0.3) is 10.9 Å². The molecule has 0 saturated heterocycles. The third kappa shape index (κ3) is 3.81. The van der Waals surface area contributed by atoms with Gasteiger partial charge in [-0.2, -0.15) is 5.26 Å². The first-order valence-electron chi connectivity index (χ1n) is 8.25. The Kier molecular flexibility index (Phi) is 5.44. The number of pyridine rings is 1. The van der Waals surface area contributed by atoms with Gasteiger partial charge in [0.2, 0.25) is 0 Å². The highest BCUT2D eigenvalue weighted by molar-refractivity contribution is 14.1. The molecule has 0 aliphatic heterocycles. The van der Waals surface area contributed by atoms with Gasteiger partial charge in [0, 0.05) is 45.2 Å². The van der Waals surface area contributed by atoms with E-state index in [0.29, 0.717) is 10.6 Å². The van der Waals surface area contributed by atoms with Crippen molar-refractivity contribution in [3.05, 3.63) is 69.1 Å². The van der Waals surface area contributed by atoms with Crippen LogP contribution >= 0.6 is 46.0 Å². The number of nitriles is 1. The highest BCUT2D eigenvalue weighted by atomic mass is 127. The second kappa shape index (κ2) is 7.99. The van der Waals surface area contributed by atoms with Crippen molar-refractivity contribution in [2.75, 3.05) is 5.32 Å². The van der Waals surface area contributed by atoms with Gasteiger partial charge in [-0.05, 0) is 59.0 Å². The number of anilines is 2. The monoisotopic (exact) mass is 517 g/mol. The van der Waals surface area contributed by atoms with Crippen molar-refractivity contribution in [3.8, 4) is 6.07 Å². The third-order valence-corrected chi connectivity index (χ3v) is 6.38. The van der Waals surface area contributed by atoms with Crippen LogP contribution in [0.4, 0.5) is 11.4 Å². The molecule has 2 aromatic heterocycles. The fourth-order valence-electron chi connectivity index (χ4n) is 2.74. The first kappa shape index (κ1) is 19.1. The third-order valence-electron chi connectivity index (χ3n) is 4.13. The number of aromatic nitrogens is 3. The highest BCUT2D eigenvalue weighted by Gasteiger charge is 2.12. The zero-order valence-corrected chi connectivity index (χ0v) is 18.4. The maximum atomic E-state index is 9.51. The molecule has 5 nitrogen and oxygen atoms in total. The van der Waals surface area contributed by atoms with Gasteiger partial charge in [0.25, 0.3) is 0 Å². The molecule has 2 heterocycles. The molecule has 28 heavy (non-hydrogen) atoms. The van der Waals surface area contributed by atoms with Crippen molar-refractivity contribution >= 4 is 68.2 Å². The summed E-state index contributed by atoms with van der Waals surface area (Å²) in [6.45, 7) is 0. The molecule has 0 saturated carbocycles. The molecule has 0 aliphatic carbocycles. The number of aryl methyl sites for hydroxylation is 1. The lowest BCUT2D eigenvalue weighted by molar-refractivity contribution is 0.790. The van der Waals surface area contributed by atoms with E-state index in [2.05, 4.69) is 43.9 Å². The van der Waals surface area contributed by atoms with E-state index in [0.717, 1.165) is 35.9 Å². The molecule has 0 aliphatic rings. The average Bonchev–Trinajstić information content (AvgIpc) is 3.08. The van der Waals surface area contributed by atoms with E-state index in [1.165, 1.54) is 11.8 Å². The van der Waals surface area contributed by atoms with Crippen LogP contribution in [0.1, 0.15) is 5.56 Å². The molecule has 0 fully saturated rings. The second-order valence-corrected chi connectivity index (χ2v) is 8.68. The summed E-state index contributed by atoms with van der Waals surface area (Å²) < 4.78 is 3.03. The number of imidazole rings is 1. The van der Waals surface area contributed by atoms with Crippen LogP contribution in [-0.4, -0.2) is 14.5 Å². The summed E-state index contributed by atoms with van der Waals surface area (Å²) in [5.74, 6) is 0. The summed E-state index contributed by atoms with van der Waals surface area (Å²) in [5.41, 5.74) is 2.85. The van der Waals surface area contributed by atoms with Crippen LogP contribution in [0.5, 0.6) is 0 Å². The SMILES string of the molecule is Cn1ccnc1Sc1ccc(Nc2c(C#N)cnc3cc(I)ccc23)cc1Cl. The number of hydrogen-bond donors (Lipinski definition) is 1. The van der Waals surface area contributed by atoms with Gasteiger partial charge in [-0.3, -0.25) is 4.98 Å². The van der Waals surface area contributed by atoms with E-state index < -0.39 is 0 Å². The number of halogens is 2. The lowest BCUT2D eigenvalue weighted by Crippen LogP contribution is -1.97. The van der Waals surface area contributed by atoms with Gasteiger partial charge in [-0.15, -0.1) is 0 Å². The van der Waals surface area contributed by atoms with Gasteiger partial charge < -0.3 is 9.88 Å². The normalized spacial score (nSPS) is 10.8. The van der Waals surface area contributed by atoms with Crippen LogP contribution in [0.15, 0.2) is 65.0 Å². The number of fused-ring (bicyclic) bond motifs is 1. The van der Waals surface area contributed by atoms with Crippen molar-refractivity contribution in [2.24, 2.45) is 7.05 Å². The fraction of sp³-hybridized carbons (Fsp3) is 0.0500. The molecule has 0 unspecified atom stereocenters. The quantitative estimate of drug-likeness (QED) is 0.337. The fourth-order valence-corrected chi connectivity index (χ4v) is 4.32. The minimum absolute atomic E-state index is 0.483. The molecule has 8 heteroatoms. The van der Waals surface area contributed by atoms with Crippen LogP contribution in [0.3, 0.4) is 0 Å². The Hall–Kier alpha value is -2.28. The van der Waals surface area contributed by atoms with E-state index in [4.69, 9.17) is 11.6 Å². The van der Waals surface area contributed by atoms with Gasteiger partial charge in [-0.25, -0.2) is 4.98 Å². The topological polar surface area (TPSA) is 66.5 Å². The molecular weight excluding hydrogens is 505 g/mol. The van der Waals surface area contributed by atoms with E-state index in [9.17, 15) is 5.26 Å². The zero-order valence-electron chi connectivity index (χ0n) is 14.6.